The van der Waals surface area contributed by atoms with Crippen molar-refractivity contribution in [1.82, 2.24) is 9.55 Å². The summed E-state index contributed by atoms with van der Waals surface area (Å²) in [4.78, 5) is 17.2. The molecule has 0 atom stereocenters. The number of nitrogens with zero attached hydrogens (tertiary/aromatic N) is 2. The first-order valence-corrected chi connectivity index (χ1v) is 10.7. The number of carbonyl (C=O) groups excluding carboxylic acids is 1. The van der Waals surface area contributed by atoms with Crippen molar-refractivity contribution in [2.45, 2.75) is 78.6 Å². The summed E-state index contributed by atoms with van der Waals surface area (Å²) < 4.78 is 19.3. The van der Waals surface area contributed by atoms with Gasteiger partial charge >= 0.3 is 13.1 Å². The Morgan fingerprint density at radius 3 is 2.20 bits per heavy atom. The van der Waals surface area contributed by atoms with E-state index in [-0.39, 0.29) is 24.3 Å². The van der Waals surface area contributed by atoms with Gasteiger partial charge in [-0.3, -0.25) is 0 Å². The summed E-state index contributed by atoms with van der Waals surface area (Å²) in [5.74, 6) is 0.584. The smallest absolute Gasteiger partial charge is 0.464 e. The summed E-state index contributed by atoms with van der Waals surface area (Å²) in [6.45, 7) is 12.9. The van der Waals surface area contributed by atoms with Crippen LogP contribution in [0.2, 0.25) is 0 Å². The zero-order valence-electron chi connectivity index (χ0n) is 19.2. The lowest BCUT2D eigenvalue weighted by Crippen LogP contribution is -2.41. The molecular weight excluding hydrogens is 379 g/mol. The summed E-state index contributed by atoms with van der Waals surface area (Å²) in [6, 6.07) is 8.18. The summed E-state index contributed by atoms with van der Waals surface area (Å²) in [6.07, 6.45) is 2.46. The molecule has 6 nitrogen and oxygen atoms in total. The van der Waals surface area contributed by atoms with Gasteiger partial charge in [0.15, 0.2) is 5.69 Å². The number of ether oxygens (including phenoxy) is 1. The van der Waals surface area contributed by atoms with E-state index in [4.69, 9.17) is 19.0 Å². The Balaban J connectivity index is 1.87. The average Bonchev–Trinajstić information content (AvgIpc) is 3.15. The Kier molecular flexibility index (Phi) is 6.44. The van der Waals surface area contributed by atoms with Crippen molar-refractivity contribution in [3.8, 4) is 0 Å². The second-order valence-corrected chi connectivity index (χ2v) is 8.83. The molecule has 7 heteroatoms. The van der Waals surface area contributed by atoms with Crippen LogP contribution < -0.4 is 5.46 Å². The fourth-order valence-electron chi connectivity index (χ4n) is 3.65. The largest absolute Gasteiger partial charge is 0.494 e. The fraction of sp³-hybridized carbons (Fsp3) is 0.565. The Hall–Kier alpha value is -2.12. The van der Waals surface area contributed by atoms with Gasteiger partial charge in [0.1, 0.15) is 5.82 Å². The van der Waals surface area contributed by atoms with Gasteiger partial charge in [-0.15, -0.1) is 0 Å². The topological polar surface area (TPSA) is 62.6 Å². The van der Waals surface area contributed by atoms with Crippen LogP contribution in [0.3, 0.4) is 0 Å². The summed E-state index contributed by atoms with van der Waals surface area (Å²) in [5, 5.41) is 0. The van der Waals surface area contributed by atoms with Crippen LogP contribution in [0.4, 0.5) is 0 Å². The highest BCUT2D eigenvalue weighted by molar-refractivity contribution is 6.62. The molecule has 2 aromatic rings. The SMILES string of the molecule is CCCc1nc(CC)c(C(=O)OC)n1Cc1ccc(B2OC(C)(C)C(C)(C)O2)cc1. The number of methoxy groups -OCH3 is 1. The van der Waals surface area contributed by atoms with Crippen molar-refractivity contribution in [2.24, 2.45) is 0 Å². The predicted octanol–water partition coefficient (Wildman–Crippen LogP) is 3.53. The zero-order chi connectivity index (χ0) is 22.1. The van der Waals surface area contributed by atoms with E-state index in [0.29, 0.717) is 18.7 Å². The lowest BCUT2D eigenvalue weighted by molar-refractivity contribution is 0.00578. The molecule has 1 fully saturated rings. The number of rotatable bonds is 7. The molecule has 0 amide bonds. The van der Waals surface area contributed by atoms with Crippen LogP contribution in [0, 0.1) is 0 Å². The molecule has 3 rings (SSSR count). The monoisotopic (exact) mass is 412 g/mol. The third kappa shape index (κ3) is 4.19. The highest BCUT2D eigenvalue weighted by Gasteiger charge is 2.51. The third-order valence-corrected chi connectivity index (χ3v) is 6.15. The molecular formula is C23H33BN2O4. The molecule has 30 heavy (non-hydrogen) atoms. The number of aromatic nitrogens is 2. The van der Waals surface area contributed by atoms with Crippen molar-refractivity contribution in [3.05, 3.63) is 47.0 Å². The predicted molar refractivity (Wildman–Crippen MR) is 118 cm³/mol. The molecule has 0 aliphatic carbocycles. The summed E-state index contributed by atoms with van der Waals surface area (Å²) >= 11 is 0. The molecule has 1 aliphatic heterocycles. The first-order valence-electron chi connectivity index (χ1n) is 10.7. The van der Waals surface area contributed by atoms with Gasteiger partial charge in [0.25, 0.3) is 0 Å². The molecule has 2 heterocycles. The van der Waals surface area contributed by atoms with Crippen LogP contribution in [0.15, 0.2) is 24.3 Å². The second kappa shape index (κ2) is 8.56. The molecule has 1 aliphatic rings. The standard InChI is InChI=1S/C23H33BN2O4/c1-8-10-19-25-18(9-2)20(21(27)28-7)26(19)15-16-11-13-17(14-12-16)24-29-22(3,4)23(5,6)30-24/h11-14H,8-10,15H2,1-7H3. The van der Waals surface area contributed by atoms with Crippen LogP contribution >= 0.6 is 0 Å². The molecule has 1 saturated heterocycles. The lowest BCUT2D eigenvalue weighted by atomic mass is 9.79. The number of carbonyl (C=O) groups is 1. The number of hydrogen-bond acceptors (Lipinski definition) is 5. The molecule has 0 unspecified atom stereocenters. The third-order valence-electron chi connectivity index (χ3n) is 6.15. The van der Waals surface area contributed by atoms with E-state index in [1.807, 2.05) is 23.6 Å². The lowest BCUT2D eigenvalue weighted by Gasteiger charge is -2.32. The first kappa shape index (κ1) is 22.6. The molecule has 0 saturated carbocycles. The van der Waals surface area contributed by atoms with Crippen molar-refractivity contribution in [1.29, 1.82) is 0 Å². The highest BCUT2D eigenvalue weighted by Crippen LogP contribution is 2.36. The van der Waals surface area contributed by atoms with Gasteiger partial charge < -0.3 is 18.6 Å². The molecule has 0 radical (unpaired) electrons. The molecule has 1 aromatic carbocycles. The average molecular weight is 412 g/mol. The van der Waals surface area contributed by atoms with E-state index >= 15 is 0 Å². The van der Waals surface area contributed by atoms with Crippen molar-refractivity contribution in [2.75, 3.05) is 7.11 Å². The van der Waals surface area contributed by atoms with Crippen molar-refractivity contribution in [3.63, 3.8) is 0 Å². The summed E-state index contributed by atoms with van der Waals surface area (Å²) in [7, 11) is 1.03. The second-order valence-electron chi connectivity index (χ2n) is 8.83. The number of esters is 1. The maximum absolute atomic E-state index is 12.5. The molecule has 162 valence electrons. The fourth-order valence-corrected chi connectivity index (χ4v) is 3.65. The Morgan fingerprint density at radius 2 is 1.70 bits per heavy atom. The quantitative estimate of drug-likeness (QED) is 0.514. The first-order chi connectivity index (χ1) is 14.1. The van der Waals surface area contributed by atoms with E-state index < -0.39 is 0 Å². The van der Waals surface area contributed by atoms with E-state index in [2.05, 4.69) is 46.8 Å². The van der Waals surface area contributed by atoms with Gasteiger partial charge in [0.05, 0.1) is 24.0 Å². The van der Waals surface area contributed by atoms with Crippen LogP contribution in [0.25, 0.3) is 0 Å². The van der Waals surface area contributed by atoms with E-state index in [1.54, 1.807) is 0 Å². The van der Waals surface area contributed by atoms with Crippen LogP contribution in [-0.4, -0.2) is 41.0 Å². The minimum absolute atomic E-state index is 0.337. The summed E-state index contributed by atoms with van der Waals surface area (Å²) in [5.41, 5.74) is 2.68. The van der Waals surface area contributed by atoms with Crippen LogP contribution in [0.1, 0.15) is 75.5 Å². The Bertz CT molecular complexity index is 887. The van der Waals surface area contributed by atoms with Crippen LogP contribution in [0.5, 0.6) is 0 Å². The van der Waals surface area contributed by atoms with Crippen molar-refractivity contribution < 1.29 is 18.8 Å². The normalized spacial score (nSPS) is 17.4. The van der Waals surface area contributed by atoms with Gasteiger partial charge in [-0.1, -0.05) is 38.1 Å². The van der Waals surface area contributed by atoms with Gasteiger partial charge in [0.2, 0.25) is 0 Å². The Morgan fingerprint density at radius 1 is 1.10 bits per heavy atom. The molecule has 0 N–H and O–H groups in total. The van der Waals surface area contributed by atoms with E-state index in [9.17, 15) is 4.79 Å². The van der Waals surface area contributed by atoms with E-state index in [0.717, 1.165) is 35.4 Å². The van der Waals surface area contributed by atoms with Gasteiger partial charge in [-0.05, 0) is 51.6 Å². The Labute approximate surface area is 180 Å². The van der Waals surface area contributed by atoms with E-state index in [1.165, 1.54) is 7.11 Å². The highest BCUT2D eigenvalue weighted by atomic mass is 16.7. The van der Waals surface area contributed by atoms with Gasteiger partial charge in [-0.2, -0.15) is 0 Å². The van der Waals surface area contributed by atoms with Crippen molar-refractivity contribution >= 4 is 18.6 Å². The minimum atomic E-state index is -0.384. The number of hydrogen-bond donors (Lipinski definition) is 0. The molecule has 0 spiro atoms. The molecule has 1 aromatic heterocycles. The zero-order valence-corrected chi connectivity index (χ0v) is 19.2. The van der Waals surface area contributed by atoms with Crippen LogP contribution in [-0.2, 0) is 33.4 Å². The number of aryl methyl sites for hydroxylation is 2. The maximum Gasteiger partial charge on any atom is 0.494 e. The maximum atomic E-state index is 12.5. The minimum Gasteiger partial charge on any atom is -0.464 e. The molecule has 0 bridgehead atoms. The van der Waals surface area contributed by atoms with Gasteiger partial charge in [-0.25, -0.2) is 9.78 Å². The number of imidazole rings is 1. The van der Waals surface area contributed by atoms with Gasteiger partial charge in [0, 0.05) is 13.0 Å². The number of benzene rings is 1.